The fourth-order valence-corrected chi connectivity index (χ4v) is 1.92. The van der Waals surface area contributed by atoms with E-state index in [-0.39, 0.29) is 12.5 Å². The summed E-state index contributed by atoms with van der Waals surface area (Å²) in [6.07, 6.45) is 1.76. The van der Waals surface area contributed by atoms with E-state index in [1.807, 2.05) is 0 Å². The molecule has 0 radical (unpaired) electrons. The summed E-state index contributed by atoms with van der Waals surface area (Å²) >= 11 is 0. The second kappa shape index (κ2) is 6.30. The Morgan fingerprint density at radius 3 is 2.70 bits per heavy atom. The second-order valence-corrected chi connectivity index (χ2v) is 4.87. The zero-order valence-corrected chi connectivity index (χ0v) is 12.7. The molecule has 1 amide bonds. The monoisotopic (exact) mass is 313 g/mol. The van der Waals surface area contributed by atoms with Crippen molar-refractivity contribution in [3.05, 3.63) is 53.8 Å². The summed E-state index contributed by atoms with van der Waals surface area (Å²) in [6.45, 7) is 1.92. The molecule has 0 fully saturated rings. The number of carbonyl (C=O) groups is 1. The Morgan fingerprint density at radius 1 is 1.30 bits per heavy atom. The van der Waals surface area contributed by atoms with Gasteiger partial charge in [0.1, 0.15) is 5.75 Å². The van der Waals surface area contributed by atoms with Gasteiger partial charge in [-0.1, -0.05) is 5.16 Å². The first kappa shape index (κ1) is 14.8. The molecule has 0 saturated heterocycles. The van der Waals surface area contributed by atoms with Crippen molar-refractivity contribution in [1.82, 2.24) is 19.9 Å². The molecule has 1 aromatic carbocycles. The van der Waals surface area contributed by atoms with Gasteiger partial charge in [-0.3, -0.25) is 9.48 Å². The van der Waals surface area contributed by atoms with Gasteiger partial charge in [-0.25, -0.2) is 0 Å². The molecule has 0 aliphatic carbocycles. The summed E-state index contributed by atoms with van der Waals surface area (Å²) in [4.78, 5) is 16.1. The molecular weight excluding hydrogens is 298 g/mol. The van der Waals surface area contributed by atoms with E-state index in [1.54, 1.807) is 55.2 Å². The van der Waals surface area contributed by atoms with Crippen molar-refractivity contribution in [2.75, 3.05) is 5.32 Å². The van der Waals surface area contributed by atoms with Gasteiger partial charge in [-0.15, -0.1) is 0 Å². The third-order valence-electron chi connectivity index (χ3n) is 3.01. The van der Waals surface area contributed by atoms with Crippen LogP contribution in [-0.4, -0.2) is 25.8 Å². The van der Waals surface area contributed by atoms with Crippen LogP contribution < -0.4 is 10.1 Å². The van der Waals surface area contributed by atoms with Gasteiger partial charge in [0, 0.05) is 31.8 Å². The number of ether oxygens (including phenoxy) is 1. The maximum absolute atomic E-state index is 12.1. The highest BCUT2D eigenvalue weighted by molar-refractivity contribution is 6.03. The van der Waals surface area contributed by atoms with Crippen LogP contribution in [0.5, 0.6) is 5.75 Å². The van der Waals surface area contributed by atoms with Crippen molar-refractivity contribution < 1.29 is 14.1 Å². The predicted molar refractivity (Wildman–Crippen MR) is 81.0 cm³/mol. The lowest BCUT2D eigenvalue weighted by Crippen LogP contribution is -2.12. The molecule has 0 atom stereocenters. The van der Waals surface area contributed by atoms with Crippen LogP contribution in [0.3, 0.4) is 0 Å². The quantitative estimate of drug-likeness (QED) is 0.773. The highest BCUT2D eigenvalue weighted by Gasteiger charge is 2.08. The van der Waals surface area contributed by atoms with E-state index in [0.717, 1.165) is 0 Å². The van der Waals surface area contributed by atoms with Crippen LogP contribution in [0.2, 0.25) is 0 Å². The number of aryl methyl sites for hydroxylation is 2. The molecule has 0 unspecified atom stereocenters. The molecule has 8 heteroatoms. The number of hydrogen-bond donors (Lipinski definition) is 1. The normalized spacial score (nSPS) is 10.5. The molecule has 0 spiro atoms. The first-order chi connectivity index (χ1) is 11.1. The molecule has 1 N–H and O–H groups in total. The summed E-state index contributed by atoms with van der Waals surface area (Å²) in [5.74, 6) is 1.85. The van der Waals surface area contributed by atoms with Crippen molar-refractivity contribution in [3.8, 4) is 5.75 Å². The zero-order valence-electron chi connectivity index (χ0n) is 12.7. The standard InChI is InChI=1S/C15H15N5O3/c1-10-16-14(19-23-10)9-22-12-5-3-11(4-6-12)15(21)17-13-7-8-20(2)18-13/h3-8H,9H2,1-2H3,(H,17,18,21). The van der Waals surface area contributed by atoms with Gasteiger partial charge in [0.05, 0.1) is 0 Å². The summed E-state index contributed by atoms with van der Waals surface area (Å²) in [6, 6.07) is 8.49. The van der Waals surface area contributed by atoms with E-state index in [1.165, 1.54) is 0 Å². The van der Waals surface area contributed by atoms with E-state index in [2.05, 4.69) is 20.6 Å². The number of nitrogens with one attached hydrogen (secondary N) is 1. The number of nitrogens with zero attached hydrogens (tertiary/aromatic N) is 4. The Labute approximate surface area is 132 Å². The van der Waals surface area contributed by atoms with Gasteiger partial charge in [0.25, 0.3) is 5.91 Å². The van der Waals surface area contributed by atoms with Gasteiger partial charge in [-0.2, -0.15) is 10.1 Å². The number of hydrogen-bond acceptors (Lipinski definition) is 6. The number of benzene rings is 1. The number of rotatable bonds is 5. The molecule has 3 rings (SSSR count). The topological polar surface area (TPSA) is 95.1 Å². The van der Waals surface area contributed by atoms with Crippen LogP contribution in [0, 0.1) is 6.92 Å². The maximum Gasteiger partial charge on any atom is 0.256 e. The number of amides is 1. The van der Waals surface area contributed by atoms with Crippen molar-refractivity contribution in [3.63, 3.8) is 0 Å². The minimum absolute atomic E-state index is 0.205. The second-order valence-electron chi connectivity index (χ2n) is 4.87. The largest absolute Gasteiger partial charge is 0.485 e. The summed E-state index contributed by atoms with van der Waals surface area (Å²) in [5, 5.41) is 10.6. The Bertz CT molecular complexity index is 807. The molecule has 0 saturated carbocycles. The molecule has 118 valence electrons. The van der Waals surface area contributed by atoms with Crippen LogP contribution in [0.4, 0.5) is 5.82 Å². The molecule has 0 bridgehead atoms. The van der Waals surface area contributed by atoms with E-state index >= 15 is 0 Å². The lowest BCUT2D eigenvalue weighted by atomic mass is 10.2. The van der Waals surface area contributed by atoms with Crippen LogP contribution >= 0.6 is 0 Å². The summed E-state index contributed by atoms with van der Waals surface area (Å²) in [5.41, 5.74) is 0.512. The maximum atomic E-state index is 12.1. The molecule has 3 aromatic rings. The highest BCUT2D eigenvalue weighted by atomic mass is 16.5. The van der Waals surface area contributed by atoms with Crippen LogP contribution in [0.15, 0.2) is 41.1 Å². The smallest absolute Gasteiger partial charge is 0.256 e. The highest BCUT2D eigenvalue weighted by Crippen LogP contribution is 2.14. The van der Waals surface area contributed by atoms with Gasteiger partial charge < -0.3 is 14.6 Å². The van der Waals surface area contributed by atoms with Gasteiger partial charge in [0.2, 0.25) is 11.7 Å². The van der Waals surface area contributed by atoms with E-state index in [9.17, 15) is 4.79 Å². The van der Waals surface area contributed by atoms with E-state index in [4.69, 9.17) is 9.26 Å². The van der Waals surface area contributed by atoms with Crippen molar-refractivity contribution in [2.45, 2.75) is 13.5 Å². The van der Waals surface area contributed by atoms with Crippen molar-refractivity contribution >= 4 is 11.7 Å². The van der Waals surface area contributed by atoms with E-state index in [0.29, 0.717) is 28.8 Å². The average Bonchev–Trinajstić information content (AvgIpc) is 3.14. The molecule has 0 aliphatic heterocycles. The Hall–Kier alpha value is -3.16. The molecular formula is C15H15N5O3. The number of aromatic nitrogens is 4. The van der Waals surface area contributed by atoms with E-state index < -0.39 is 0 Å². The predicted octanol–water partition coefficient (Wildman–Crippen LogP) is 1.94. The minimum Gasteiger partial charge on any atom is -0.485 e. The first-order valence-corrected chi connectivity index (χ1v) is 6.93. The zero-order chi connectivity index (χ0) is 16.2. The van der Waals surface area contributed by atoms with Gasteiger partial charge in [-0.05, 0) is 24.3 Å². The Morgan fingerprint density at radius 2 is 2.09 bits per heavy atom. The van der Waals surface area contributed by atoms with Crippen molar-refractivity contribution in [1.29, 1.82) is 0 Å². The molecule has 2 aromatic heterocycles. The third kappa shape index (κ3) is 3.73. The third-order valence-corrected chi connectivity index (χ3v) is 3.01. The summed E-state index contributed by atoms with van der Waals surface area (Å²) in [7, 11) is 1.78. The molecule has 0 aliphatic rings. The summed E-state index contributed by atoms with van der Waals surface area (Å²) < 4.78 is 12.0. The fraction of sp³-hybridized carbons (Fsp3) is 0.200. The van der Waals surface area contributed by atoms with Gasteiger partial charge >= 0.3 is 0 Å². The van der Waals surface area contributed by atoms with Crippen LogP contribution in [-0.2, 0) is 13.7 Å². The van der Waals surface area contributed by atoms with Gasteiger partial charge in [0.15, 0.2) is 12.4 Å². The average molecular weight is 313 g/mol. The fourth-order valence-electron chi connectivity index (χ4n) is 1.92. The number of anilines is 1. The molecule has 23 heavy (non-hydrogen) atoms. The van der Waals surface area contributed by atoms with Crippen LogP contribution in [0.25, 0.3) is 0 Å². The number of carbonyl (C=O) groups excluding carboxylic acids is 1. The Kier molecular flexibility index (Phi) is 4.05. The minimum atomic E-state index is -0.232. The molecule has 8 nitrogen and oxygen atoms in total. The Balaban J connectivity index is 1.58. The lowest BCUT2D eigenvalue weighted by Gasteiger charge is -2.05. The van der Waals surface area contributed by atoms with Crippen molar-refractivity contribution in [2.24, 2.45) is 7.05 Å². The lowest BCUT2D eigenvalue weighted by molar-refractivity contribution is 0.102. The molecule has 2 heterocycles. The SMILES string of the molecule is Cc1nc(COc2ccc(C(=O)Nc3ccn(C)n3)cc2)no1. The van der Waals surface area contributed by atoms with Crippen LogP contribution in [0.1, 0.15) is 22.1 Å². The first-order valence-electron chi connectivity index (χ1n) is 6.93.